The average Bonchev–Trinajstić information content (AvgIpc) is 3.43. The molecule has 10 atom stereocenters. The zero-order valence-electron chi connectivity index (χ0n) is 23.2. The van der Waals surface area contributed by atoms with E-state index in [9.17, 15) is 19.2 Å². The zero-order chi connectivity index (χ0) is 27.0. The molecule has 4 amide bonds. The van der Waals surface area contributed by atoms with E-state index in [4.69, 9.17) is 9.47 Å². The number of amides is 4. The summed E-state index contributed by atoms with van der Waals surface area (Å²) in [7, 11) is 2.04. The van der Waals surface area contributed by atoms with Crippen LogP contribution >= 0.6 is 0 Å². The number of likely N-dealkylation sites (N-methyl/N-ethyl adjacent to an activating group) is 3. The van der Waals surface area contributed by atoms with Crippen LogP contribution in [0.15, 0.2) is 0 Å². The van der Waals surface area contributed by atoms with Crippen molar-refractivity contribution in [2.24, 2.45) is 23.7 Å². The molecular weight excluding hydrogens is 488 g/mol. The van der Waals surface area contributed by atoms with Crippen LogP contribution < -0.4 is 5.32 Å². The monoisotopic (exact) mass is 534 g/mol. The fourth-order valence-corrected chi connectivity index (χ4v) is 8.30. The Morgan fingerprint density at radius 3 is 1.89 bits per heavy atom. The molecule has 0 aliphatic carbocycles. The Morgan fingerprint density at radius 1 is 0.816 bits per heavy atom. The maximum atomic E-state index is 12.5. The Morgan fingerprint density at radius 2 is 1.32 bits per heavy atom. The summed E-state index contributed by atoms with van der Waals surface area (Å²) in [5.41, 5.74) is -0.745. The van der Waals surface area contributed by atoms with E-state index in [2.05, 4.69) is 31.0 Å². The highest BCUT2D eigenvalue weighted by molar-refractivity contribution is 6.08. The third kappa shape index (κ3) is 4.14. The van der Waals surface area contributed by atoms with Gasteiger partial charge in [-0.05, 0) is 66.0 Å². The Kier molecular flexibility index (Phi) is 7.62. The first-order valence-corrected chi connectivity index (χ1v) is 13.9. The van der Waals surface area contributed by atoms with Gasteiger partial charge in [0.05, 0.1) is 35.1 Å². The summed E-state index contributed by atoms with van der Waals surface area (Å²) in [4.78, 5) is 54.0. The van der Waals surface area contributed by atoms with Gasteiger partial charge in [-0.25, -0.2) is 0 Å². The number of nitrogens with zero attached hydrogens (tertiary/aromatic N) is 3. The van der Waals surface area contributed by atoms with Gasteiger partial charge in [-0.1, -0.05) is 21.3 Å². The minimum absolute atomic E-state index is 0. The van der Waals surface area contributed by atoms with Crippen LogP contribution in [-0.4, -0.2) is 107 Å². The highest BCUT2D eigenvalue weighted by Gasteiger charge is 2.66. The van der Waals surface area contributed by atoms with Crippen molar-refractivity contribution in [3.63, 3.8) is 0 Å². The molecular formula is C28H46N4O6. The highest BCUT2D eigenvalue weighted by Crippen LogP contribution is 2.49. The second kappa shape index (κ2) is 9.94. The second-order valence-corrected chi connectivity index (χ2v) is 12.5. The van der Waals surface area contributed by atoms with Crippen molar-refractivity contribution < 1.29 is 28.7 Å². The summed E-state index contributed by atoms with van der Waals surface area (Å²) in [6.07, 6.45) is 0.701. The van der Waals surface area contributed by atoms with Gasteiger partial charge in [-0.3, -0.25) is 33.9 Å². The molecule has 0 aromatic heterocycles. The van der Waals surface area contributed by atoms with Crippen LogP contribution in [0, 0.1) is 23.7 Å². The number of hydrogen-bond donors (Lipinski definition) is 1. The molecule has 0 unspecified atom stereocenters. The van der Waals surface area contributed by atoms with Crippen molar-refractivity contribution in [2.45, 2.75) is 97.3 Å². The molecule has 6 aliphatic rings. The van der Waals surface area contributed by atoms with E-state index in [-0.39, 0.29) is 66.2 Å². The van der Waals surface area contributed by atoms with Gasteiger partial charge >= 0.3 is 0 Å². The van der Waals surface area contributed by atoms with Crippen LogP contribution in [0.4, 0.5) is 0 Å². The first-order chi connectivity index (χ1) is 17.4. The molecule has 0 spiro atoms. The van der Waals surface area contributed by atoms with Crippen LogP contribution in [0.3, 0.4) is 0 Å². The molecule has 6 fully saturated rings. The molecule has 10 heteroatoms. The van der Waals surface area contributed by atoms with Crippen molar-refractivity contribution in [3.05, 3.63) is 0 Å². The van der Waals surface area contributed by atoms with Gasteiger partial charge in [0.25, 0.3) is 11.8 Å². The summed E-state index contributed by atoms with van der Waals surface area (Å²) < 4.78 is 12.1. The molecule has 1 N–H and O–H groups in total. The maximum Gasteiger partial charge on any atom is 0.259 e. The van der Waals surface area contributed by atoms with Crippen LogP contribution in [-0.2, 0) is 28.7 Å². The number of likely N-dealkylation sites (tertiary alicyclic amines) is 3. The standard InChI is InChI=1S/C14H22N2O3.C13H20N2O3.CH4/c1-5-16-12(17)9-10(13(16)18)19-14(3)6-8(2)7-15(4)11(9)14;1-4-15-11(16)8-9(12(15)17)18-13(3)5-7(2)6-14-10(8)13;/h8-11H,5-7H2,1-4H3;7-10,14H,4-6H2,1-3H3;1H4/t8-,9-,10-,11-,14-;7-,8-,9-,10-,13-;/m00./s1. The third-order valence-corrected chi connectivity index (χ3v) is 9.45. The van der Waals surface area contributed by atoms with E-state index in [1.165, 1.54) is 9.80 Å². The maximum absolute atomic E-state index is 12.5. The first kappa shape index (κ1) is 29.1. The predicted molar refractivity (Wildman–Crippen MR) is 141 cm³/mol. The molecule has 0 aromatic rings. The van der Waals surface area contributed by atoms with E-state index >= 15 is 0 Å². The fraction of sp³-hybridized carbons (Fsp3) is 0.857. The second-order valence-electron chi connectivity index (χ2n) is 12.5. The minimum Gasteiger partial charge on any atom is -0.360 e. The van der Waals surface area contributed by atoms with Crippen LogP contribution in [0.1, 0.15) is 61.8 Å². The summed E-state index contributed by atoms with van der Waals surface area (Å²) in [6, 6.07) is 0.00778. The molecule has 6 aliphatic heterocycles. The summed E-state index contributed by atoms with van der Waals surface area (Å²) >= 11 is 0. The Bertz CT molecular complexity index is 1010. The zero-order valence-corrected chi connectivity index (χ0v) is 23.2. The Labute approximate surface area is 226 Å². The van der Waals surface area contributed by atoms with Gasteiger partial charge < -0.3 is 14.8 Å². The topological polar surface area (TPSA) is 108 Å². The van der Waals surface area contributed by atoms with Gasteiger partial charge in [0.1, 0.15) is 0 Å². The third-order valence-electron chi connectivity index (χ3n) is 9.45. The largest absolute Gasteiger partial charge is 0.360 e. The Hall–Kier alpha value is -1.88. The Balaban J connectivity index is 0.000000173. The van der Waals surface area contributed by atoms with E-state index in [0.717, 1.165) is 25.9 Å². The molecule has 0 aromatic carbocycles. The number of fused-ring (bicyclic) bond motifs is 6. The van der Waals surface area contributed by atoms with Crippen LogP contribution in [0.25, 0.3) is 0 Å². The smallest absolute Gasteiger partial charge is 0.259 e. The lowest BCUT2D eigenvalue weighted by atomic mass is 9.77. The number of piperidine rings is 2. The lowest BCUT2D eigenvalue weighted by Gasteiger charge is -2.45. The SMILES string of the molecule is C.CCN1C(=O)[C@H]2[C@H](O[C@@]3(C)C[C@H](C)CN(C)[C@@H]23)C1=O.CCN1C(=O)[C@H]2[C@H](O[C@@]3(C)C[C@H](C)CN[C@@H]23)C1=O. The van der Waals surface area contributed by atoms with Crippen LogP contribution in [0.2, 0.25) is 0 Å². The van der Waals surface area contributed by atoms with Crippen molar-refractivity contribution in [2.75, 3.05) is 33.2 Å². The van der Waals surface area contributed by atoms with E-state index in [1.807, 2.05) is 27.8 Å². The molecule has 0 bridgehead atoms. The molecule has 214 valence electrons. The summed E-state index contributed by atoms with van der Waals surface area (Å²) in [6.45, 7) is 14.8. The van der Waals surface area contributed by atoms with E-state index in [1.54, 1.807) is 0 Å². The van der Waals surface area contributed by atoms with Crippen molar-refractivity contribution in [1.29, 1.82) is 0 Å². The predicted octanol–water partition coefficient (Wildman–Crippen LogP) is 1.27. The van der Waals surface area contributed by atoms with E-state index < -0.39 is 12.2 Å². The number of nitrogens with one attached hydrogen (secondary N) is 1. The molecule has 0 radical (unpaired) electrons. The number of imide groups is 2. The summed E-state index contributed by atoms with van der Waals surface area (Å²) in [5, 5.41) is 3.41. The lowest BCUT2D eigenvalue weighted by Crippen LogP contribution is -2.57. The van der Waals surface area contributed by atoms with Gasteiger partial charge in [0.2, 0.25) is 11.8 Å². The van der Waals surface area contributed by atoms with Gasteiger partial charge in [0, 0.05) is 19.6 Å². The van der Waals surface area contributed by atoms with Crippen LogP contribution in [0.5, 0.6) is 0 Å². The molecule has 6 heterocycles. The summed E-state index contributed by atoms with van der Waals surface area (Å²) in [5.74, 6) is -0.0114. The van der Waals surface area contributed by atoms with Crippen molar-refractivity contribution in [1.82, 2.24) is 20.0 Å². The highest BCUT2D eigenvalue weighted by atomic mass is 16.5. The normalized spacial score (nSPS) is 45.8. The first-order valence-electron chi connectivity index (χ1n) is 13.9. The number of hydrogen-bond acceptors (Lipinski definition) is 8. The number of ether oxygens (including phenoxy) is 2. The quantitative estimate of drug-likeness (QED) is 0.528. The van der Waals surface area contributed by atoms with Gasteiger partial charge in [-0.15, -0.1) is 0 Å². The molecule has 6 rings (SSSR count). The van der Waals surface area contributed by atoms with E-state index in [0.29, 0.717) is 24.9 Å². The van der Waals surface area contributed by atoms with Gasteiger partial charge in [0.15, 0.2) is 12.2 Å². The molecule has 0 saturated carbocycles. The molecule has 10 nitrogen and oxygen atoms in total. The van der Waals surface area contributed by atoms with Gasteiger partial charge in [-0.2, -0.15) is 0 Å². The number of carbonyl (C=O) groups is 4. The van der Waals surface area contributed by atoms with Crippen molar-refractivity contribution in [3.8, 4) is 0 Å². The fourth-order valence-electron chi connectivity index (χ4n) is 8.30. The number of carbonyl (C=O) groups excluding carboxylic acids is 4. The molecule has 6 saturated heterocycles. The average molecular weight is 535 g/mol. The van der Waals surface area contributed by atoms with Crippen molar-refractivity contribution >= 4 is 23.6 Å². The lowest BCUT2D eigenvalue weighted by molar-refractivity contribution is -0.152. The minimum atomic E-state index is -0.565. The molecule has 38 heavy (non-hydrogen) atoms. The number of rotatable bonds is 2.